The summed E-state index contributed by atoms with van der Waals surface area (Å²) in [4.78, 5) is 0.0291. The van der Waals surface area contributed by atoms with Gasteiger partial charge in [-0.2, -0.15) is 5.26 Å². The molecule has 1 rings (SSSR count). The van der Waals surface area contributed by atoms with E-state index in [2.05, 4.69) is 5.28 Å². The predicted octanol–water partition coefficient (Wildman–Crippen LogP) is 1.26. The van der Waals surface area contributed by atoms with E-state index in [0.717, 1.165) is 5.01 Å². The lowest BCUT2D eigenvalue weighted by Gasteiger charge is -2.11. The molecule has 72 valence electrons. The molecular formula is C8H8N4O2. The summed E-state index contributed by atoms with van der Waals surface area (Å²) in [6.45, 7) is 0. The van der Waals surface area contributed by atoms with E-state index in [-0.39, 0.29) is 4.97 Å². The predicted molar refractivity (Wildman–Crippen MR) is 47.4 cm³/mol. The molecule has 1 aromatic carbocycles. The van der Waals surface area contributed by atoms with Crippen LogP contribution in [0.4, 0.5) is 5.69 Å². The van der Waals surface area contributed by atoms with Crippen molar-refractivity contribution in [2.24, 2.45) is 5.28 Å². The second kappa shape index (κ2) is 4.09. The highest BCUT2D eigenvalue weighted by Crippen LogP contribution is 2.13. The lowest BCUT2D eigenvalue weighted by atomic mass is 10.2. The van der Waals surface area contributed by atoms with E-state index in [0.29, 0.717) is 11.3 Å². The van der Waals surface area contributed by atoms with Crippen LogP contribution in [0.15, 0.2) is 29.5 Å². The summed E-state index contributed by atoms with van der Waals surface area (Å²) in [6.07, 6.45) is 0. The van der Waals surface area contributed by atoms with Crippen molar-refractivity contribution in [1.82, 2.24) is 0 Å². The van der Waals surface area contributed by atoms with Crippen LogP contribution in [0.1, 0.15) is 5.56 Å². The Labute approximate surface area is 80.4 Å². The Kier molecular flexibility index (Phi) is 2.86. The molecule has 0 unspecified atom stereocenters. The largest absolute Gasteiger partial charge is 0.569 e. The van der Waals surface area contributed by atoms with Crippen molar-refractivity contribution < 1.29 is 10.2 Å². The van der Waals surface area contributed by atoms with E-state index in [1.807, 2.05) is 6.07 Å². The van der Waals surface area contributed by atoms with E-state index in [9.17, 15) is 5.21 Å². The monoisotopic (exact) mass is 192 g/mol. The molecule has 0 atom stereocenters. The van der Waals surface area contributed by atoms with Crippen molar-refractivity contribution in [3.63, 3.8) is 0 Å². The summed E-state index contributed by atoms with van der Waals surface area (Å²) >= 11 is 0. The molecule has 0 amide bonds. The number of benzene rings is 1. The Morgan fingerprint density at radius 2 is 2.07 bits per heavy atom. The van der Waals surface area contributed by atoms with Gasteiger partial charge >= 0.3 is 0 Å². The molecule has 0 saturated heterocycles. The lowest BCUT2D eigenvalue weighted by Crippen LogP contribution is -2.25. The standard InChI is InChI=1S/C8H8N4O2/c1-11(12(14)10-13)8-4-2-7(6-9)3-5-8/h2-5,13H,1H3. The van der Waals surface area contributed by atoms with Crippen LogP contribution < -0.4 is 5.01 Å². The molecule has 0 bridgehead atoms. The Morgan fingerprint density at radius 3 is 2.50 bits per heavy atom. The van der Waals surface area contributed by atoms with Gasteiger partial charge < -0.3 is 10.4 Å². The Morgan fingerprint density at radius 1 is 1.50 bits per heavy atom. The summed E-state index contributed by atoms with van der Waals surface area (Å²) in [5, 5.41) is 31.1. The lowest BCUT2D eigenvalue weighted by molar-refractivity contribution is -0.564. The molecule has 0 saturated carbocycles. The van der Waals surface area contributed by atoms with Crippen LogP contribution in [-0.2, 0) is 0 Å². The Hall–Kier alpha value is -2.29. The third-order valence-corrected chi connectivity index (χ3v) is 1.70. The van der Waals surface area contributed by atoms with Gasteiger partial charge in [0.2, 0.25) is 5.28 Å². The van der Waals surface area contributed by atoms with Crippen molar-refractivity contribution in [3.8, 4) is 6.07 Å². The van der Waals surface area contributed by atoms with Gasteiger partial charge in [0.05, 0.1) is 23.7 Å². The van der Waals surface area contributed by atoms with Crippen molar-refractivity contribution in [3.05, 3.63) is 35.0 Å². The van der Waals surface area contributed by atoms with Crippen LogP contribution in [0.5, 0.6) is 0 Å². The zero-order valence-corrected chi connectivity index (χ0v) is 7.45. The Balaban J connectivity index is 2.93. The molecule has 6 heteroatoms. The summed E-state index contributed by atoms with van der Waals surface area (Å²) in [7, 11) is 1.44. The second-order valence-electron chi connectivity index (χ2n) is 2.52. The fraction of sp³-hybridized carbons (Fsp3) is 0.125. The highest BCUT2D eigenvalue weighted by molar-refractivity contribution is 5.46. The highest BCUT2D eigenvalue weighted by Gasteiger charge is 2.08. The molecule has 6 nitrogen and oxygen atoms in total. The quantitative estimate of drug-likeness (QED) is 0.434. The van der Waals surface area contributed by atoms with Crippen LogP contribution in [0.2, 0.25) is 0 Å². The van der Waals surface area contributed by atoms with Crippen molar-refractivity contribution in [1.29, 1.82) is 5.26 Å². The SMILES string of the molecule is CN(c1ccc(C#N)cc1)[N+]([O-])=NO. The van der Waals surface area contributed by atoms with Crippen molar-refractivity contribution in [2.45, 2.75) is 0 Å². The first-order valence-corrected chi connectivity index (χ1v) is 3.75. The van der Waals surface area contributed by atoms with Gasteiger partial charge in [0, 0.05) is 0 Å². The molecule has 1 N–H and O–H groups in total. The van der Waals surface area contributed by atoms with E-state index in [1.54, 1.807) is 24.3 Å². The molecule has 1 aromatic rings. The van der Waals surface area contributed by atoms with Gasteiger partial charge in [-0.1, -0.05) is 0 Å². The van der Waals surface area contributed by atoms with Crippen LogP contribution in [0.25, 0.3) is 0 Å². The smallest absolute Gasteiger partial charge is 0.231 e. The fourth-order valence-corrected chi connectivity index (χ4v) is 0.910. The minimum Gasteiger partial charge on any atom is -0.569 e. The molecule has 0 aromatic heterocycles. The van der Waals surface area contributed by atoms with E-state index in [4.69, 9.17) is 10.5 Å². The maximum Gasteiger partial charge on any atom is 0.231 e. The normalized spacial score (nSPS) is 10.7. The molecule has 0 fully saturated rings. The summed E-state index contributed by atoms with van der Waals surface area (Å²) in [5.74, 6) is 0. The maximum atomic E-state index is 10.8. The van der Waals surface area contributed by atoms with Gasteiger partial charge in [-0.25, -0.2) is 0 Å². The highest BCUT2D eigenvalue weighted by atomic mass is 16.6. The van der Waals surface area contributed by atoms with Crippen molar-refractivity contribution >= 4 is 5.69 Å². The van der Waals surface area contributed by atoms with Gasteiger partial charge in [-0.15, -0.1) is 5.01 Å². The number of hydrogen-bond donors (Lipinski definition) is 1. The van der Waals surface area contributed by atoms with Crippen LogP contribution in [0, 0.1) is 16.5 Å². The van der Waals surface area contributed by atoms with E-state index in [1.165, 1.54) is 7.05 Å². The van der Waals surface area contributed by atoms with E-state index >= 15 is 0 Å². The third-order valence-electron chi connectivity index (χ3n) is 1.70. The molecular weight excluding hydrogens is 184 g/mol. The molecule has 0 radical (unpaired) electrons. The molecule has 0 spiro atoms. The third kappa shape index (κ3) is 1.90. The fourth-order valence-electron chi connectivity index (χ4n) is 0.910. The number of hydrogen-bond acceptors (Lipinski definition) is 3. The first-order valence-electron chi connectivity index (χ1n) is 3.75. The van der Waals surface area contributed by atoms with Gasteiger partial charge in [-0.3, -0.25) is 0 Å². The summed E-state index contributed by atoms with van der Waals surface area (Å²) in [5.41, 5.74) is 1.03. The molecule has 0 aliphatic heterocycles. The molecule has 0 aliphatic carbocycles. The summed E-state index contributed by atoms with van der Waals surface area (Å²) < 4.78 is 0. The minimum absolute atomic E-state index is 0.0291. The van der Waals surface area contributed by atoms with Gasteiger partial charge in [0.15, 0.2) is 0 Å². The van der Waals surface area contributed by atoms with Crippen molar-refractivity contribution in [2.75, 3.05) is 12.1 Å². The number of rotatable bonds is 2. The number of nitriles is 1. The topological polar surface area (TPSA) is 85.7 Å². The minimum atomic E-state index is 0.0291. The zero-order chi connectivity index (χ0) is 10.6. The first kappa shape index (κ1) is 9.80. The second-order valence-corrected chi connectivity index (χ2v) is 2.52. The Bertz CT molecular complexity index is 379. The maximum absolute atomic E-state index is 10.8. The average Bonchev–Trinajstić information content (AvgIpc) is 2.27. The van der Waals surface area contributed by atoms with Crippen LogP contribution in [0.3, 0.4) is 0 Å². The van der Waals surface area contributed by atoms with Gasteiger partial charge in [0.25, 0.3) is 0 Å². The van der Waals surface area contributed by atoms with Crippen LogP contribution >= 0.6 is 0 Å². The zero-order valence-electron chi connectivity index (χ0n) is 7.45. The van der Waals surface area contributed by atoms with Gasteiger partial charge in [-0.05, 0) is 24.3 Å². The number of anilines is 1. The summed E-state index contributed by atoms with van der Waals surface area (Å²) in [6, 6.07) is 8.24. The number of hydrazine groups is 1. The van der Waals surface area contributed by atoms with Crippen LogP contribution in [-0.4, -0.2) is 17.2 Å². The molecule has 0 aliphatic rings. The van der Waals surface area contributed by atoms with Gasteiger partial charge in [0.1, 0.15) is 5.69 Å². The average molecular weight is 192 g/mol. The molecule has 0 heterocycles. The van der Waals surface area contributed by atoms with E-state index < -0.39 is 0 Å². The molecule has 14 heavy (non-hydrogen) atoms. The first-order chi connectivity index (χ1) is 6.69. The number of nitrogens with zero attached hydrogens (tertiary/aromatic N) is 4.